The Morgan fingerprint density at radius 3 is 2.19 bits per heavy atom. The molecule has 1 aliphatic carbocycles. The summed E-state index contributed by atoms with van der Waals surface area (Å²) in [5.74, 6) is 2.18. The summed E-state index contributed by atoms with van der Waals surface area (Å²) in [7, 11) is -3.45. The van der Waals surface area contributed by atoms with Gasteiger partial charge in [0.05, 0.1) is 5.75 Å². The fraction of sp³-hybridized carbons (Fsp3) is 0.385. The van der Waals surface area contributed by atoms with Crippen molar-refractivity contribution < 1.29 is 13.2 Å². The molecule has 1 heterocycles. The van der Waals surface area contributed by atoms with Gasteiger partial charge in [0.1, 0.15) is 24.2 Å². The van der Waals surface area contributed by atoms with Crippen LogP contribution in [0.5, 0.6) is 11.5 Å². The maximum absolute atomic E-state index is 13.1. The first-order chi connectivity index (χ1) is 15.5. The lowest BCUT2D eigenvalue weighted by molar-refractivity contribution is 0.442. The van der Waals surface area contributed by atoms with Crippen LogP contribution in [0, 0.1) is 0 Å². The molecule has 170 valence electrons. The molecule has 2 aromatic carbocycles. The highest BCUT2D eigenvalue weighted by Crippen LogP contribution is 2.36. The number of quaternary nitrogens is 1. The summed E-state index contributed by atoms with van der Waals surface area (Å²) in [5.41, 5.74) is 8.70. The van der Waals surface area contributed by atoms with Gasteiger partial charge in [-0.3, -0.25) is 0 Å². The molecule has 4 rings (SSSR count). The Kier molecular flexibility index (Phi) is 6.84. The van der Waals surface area contributed by atoms with Crippen molar-refractivity contribution >= 4 is 15.7 Å². The molecule has 0 aromatic heterocycles. The molecule has 1 aliphatic heterocycles. The lowest BCUT2D eigenvalue weighted by Crippen LogP contribution is -2.51. The molecule has 6 heteroatoms. The first-order valence-electron chi connectivity index (χ1n) is 11.5. The Morgan fingerprint density at radius 1 is 0.969 bits per heavy atom. The minimum Gasteiger partial charge on any atom is -0.457 e. The molecule has 2 aromatic rings. The molecule has 2 N–H and O–H groups in total. The number of sulfonamides is 1. The number of nitrogens with two attached hydrogens (primary N) is 1. The van der Waals surface area contributed by atoms with Crippen molar-refractivity contribution in [3.05, 3.63) is 78.0 Å². The molecule has 0 spiro atoms. The summed E-state index contributed by atoms with van der Waals surface area (Å²) < 4.78 is 32.0. The van der Waals surface area contributed by atoms with E-state index < -0.39 is 10.0 Å². The molecule has 0 bridgehead atoms. The highest BCUT2D eigenvalue weighted by molar-refractivity contribution is 7.91. The molecule has 0 saturated heterocycles. The average molecular weight is 454 g/mol. The minimum absolute atomic E-state index is 0.0424. The number of hydrogen-bond acceptors (Lipinski definition) is 4. The van der Waals surface area contributed by atoms with Crippen LogP contribution in [0.1, 0.15) is 50.5 Å². The highest BCUT2D eigenvalue weighted by atomic mass is 32.2. The second-order valence-electron chi connectivity index (χ2n) is 8.66. The van der Waals surface area contributed by atoms with Crippen LogP contribution >= 0.6 is 0 Å². The quantitative estimate of drug-likeness (QED) is 0.554. The predicted molar refractivity (Wildman–Crippen MR) is 131 cm³/mol. The minimum atomic E-state index is -3.45. The Bertz CT molecular complexity index is 1080. The Morgan fingerprint density at radius 2 is 1.59 bits per heavy atom. The van der Waals surface area contributed by atoms with Gasteiger partial charge in [-0.2, -0.15) is 12.3 Å². The standard InChI is InChI=1S/C26H33N2O3S/c1-2-32(29,30)28(18-6-7-21(19-27)20-28)24-12-16-26(17-13-24)31-25-14-10-23(11-15-25)22-8-4-3-5-9-22/h6-7,10-17,20,22H,2-5,8-9,18-19,27H2,1H3/q+1. The van der Waals surface area contributed by atoms with Crippen LogP contribution in [0.4, 0.5) is 5.69 Å². The maximum atomic E-state index is 13.1. The van der Waals surface area contributed by atoms with Gasteiger partial charge in [0.2, 0.25) is 0 Å². The number of rotatable bonds is 7. The van der Waals surface area contributed by atoms with Crippen LogP contribution in [0.3, 0.4) is 0 Å². The third kappa shape index (κ3) is 4.53. The summed E-state index contributed by atoms with van der Waals surface area (Å²) in [4.78, 5) is 0. The van der Waals surface area contributed by atoms with Crippen LogP contribution in [0.25, 0.3) is 0 Å². The van der Waals surface area contributed by atoms with Gasteiger partial charge in [-0.25, -0.2) is 0 Å². The largest absolute Gasteiger partial charge is 0.457 e. The van der Waals surface area contributed by atoms with Crippen molar-refractivity contribution in [2.75, 3.05) is 18.8 Å². The van der Waals surface area contributed by atoms with Gasteiger partial charge in [0, 0.05) is 24.3 Å². The van der Waals surface area contributed by atoms with E-state index in [1.807, 2.05) is 48.6 Å². The number of hydrogen-bond donors (Lipinski definition) is 1. The fourth-order valence-electron chi connectivity index (χ4n) is 4.76. The lowest BCUT2D eigenvalue weighted by Gasteiger charge is -2.34. The first kappa shape index (κ1) is 22.8. The van der Waals surface area contributed by atoms with E-state index >= 15 is 0 Å². The summed E-state index contributed by atoms with van der Waals surface area (Å²) in [6.07, 6.45) is 12.1. The zero-order chi connectivity index (χ0) is 22.6. The second-order valence-corrected chi connectivity index (χ2v) is 11.1. The van der Waals surface area contributed by atoms with E-state index in [-0.39, 0.29) is 9.64 Å². The summed E-state index contributed by atoms with van der Waals surface area (Å²) >= 11 is 0. The molecule has 32 heavy (non-hydrogen) atoms. The van der Waals surface area contributed by atoms with E-state index in [1.165, 1.54) is 37.7 Å². The summed E-state index contributed by atoms with van der Waals surface area (Å²) in [6, 6.07) is 15.7. The van der Waals surface area contributed by atoms with E-state index in [1.54, 1.807) is 13.1 Å². The molecule has 5 nitrogen and oxygen atoms in total. The van der Waals surface area contributed by atoms with E-state index in [4.69, 9.17) is 10.5 Å². The van der Waals surface area contributed by atoms with Crippen LogP contribution in [-0.2, 0) is 10.0 Å². The van der Waals surface area contributed by atoms with Gasteiger partial charge in [0.15, 0.2) is 5.69 Å². The topological polar surface area (TPSA) is 69.4 Å². The molecule has 0 radical (unpaired) electrons. The molecule has 1 saturated carbocycles. The highest BCUT2D eigenvalue weighted by Gasteiger charge is 2.42. The van der Waals surface area contributed by atoms with Gasteiger partial charge in [-0.05, 0) is 61.6 Å². The molecular weight excluding hydrogens is 420 g/mol. The van der Waals surface area contributed by atoms with Crippen molar-refractivity contribution in [1.29, 1.82) is 0 Å². The SMILES string of the molecule is CCS(=O)(=O)[N+]1(c2ccc(Oc3ccc(C4CCCCC4)cc3)cc2)C=C(CN)C=CC1. The number of nitrogens with zero attached hydrogens (tertiary/aromatic N) is 1. The van der Waals surface area contributed by atoms with Gasteiger partial charge >= 0.3 is 10.0 Å². The number of benzene rings is 2. The van der Waals surface area contributed by atoms with E-state index in [9.17, 15) is 8.42 Å². The maximum Gasteiger partial charge on any atom is 0.306 e. The van der Waals surface area contributed by atoms with E-state index in [0.717, 1.165) is 11.3 Å². The molecule has 0 amide bonds. The molecule has 1 fully saturated rings. The van der Waals surface area contributed by atoms with E-state index in [0.29, 0.717) is 30.4 Å². The molecule has 1 unspecified atom stereocenters. The Hall–Kier alpha value is -2.41. The van der Waals surface area contributed by atoms with Crippen molar-refractivity contribution in [3.8, 4) is 11.5 Å². The van der Waals surface area contributed by atoms with Crippen LogP contribution < -0.4 is 14.4 Å². The monoisotopic (exact) mass is 453 g/mol. The van der Waals surface area contributed by atoms with Crippen LogP contribution in [-0.4, -0.2) is 27.3 Å². The molecule has 2 aliphatic rings. The van der Waals surface area contributed by atoms with Crippen molar-refractivity contribution in [2.45, 2.75) is 44.9 Å². The van der Waals surface area contributed by atoms with E-state index in [2.05, 4.69) is 12.1 Å². The summed E-state index contributed by atoms with van der Waals surface area (Å²) in [6.45, 7) is 2.33. The Balaban J connectivity index is 1.54. The van der Waals surface area contributed by atoms with Crippen LogP contribution in [0.15, 0.2) is 72.5 Å². The zero-order valence-electron chi connectivity index (χ0n) is 18.7. The smallest absolute Gasteiger partial charge is 0.306 e. The van der Waals surface area contributed by atoms with Gasteiger partial charge in [-0.15, -0.1) is 0 Å². The van der Waals surface area contributed by atoms with Gasteiger partial charge in [0.25, 0.3) is 0 Å². The normalized spacial score (nSPS) is 21.9. The van der Waals surface area contributed by atoms with Crippen LogP contribution in [0.2, 0.25) is 0 Å². The second kappa shape index (κ2) is 9.61. The van der Waals surface area contributed by atoms with Gasteiger partial charge < -0.3 is 10.5 Å². The van der Waals surface area contributed by atoms with Crippen molar-refractivity contribution in [3.63, 3.8) is 0 Å². The number of ether oxygens (including phenoxy) is 1. The molecule has 1 atom stereocenters. The first-order valence-corrected chi connectivity index (χ1v) is 13.2. The average Bonchev–Trinajstić information content (AvgIpc) is 2.85. The Labute approximate surface area is 191 Å². The fourth-order valence-corrected chi connectivity index (χ4v) is 6.27. The zero-order valence-corrected chi connectivity index (χ0v) is 19.6. The predicted octanol–water partition coefficient (Wildman–Crippen LogP) is 5.60. The lowest BCUT2D eigenvalue weighted by atomic mass is 9.84. The third-order valence-corrected chi connectivity index (χ3v) is 8.83. The summed E-state index contributed by atoms with van der Waals surface area (Å²) in [5, 5.41) is 0. The van der Waals surface area contributed by atoms with Crippen molar-refractivity contribution in [2.24, 2.45) is 5.73 Å². The molecular formula is C26H33N2O3S+. The van der Waals surface area contributed by atoms with Crippen molar-refractivity contribution in [1.82, 2.24) is 3.89 Å². The van der Waals surface area contributed by atoms with Gasteiger partial charge in [-0.1, -0.05) is 37.5 Å². The third-order valence-electron chi connectivity index (χ3n) is 6.65.